The highest BCUT2D eigenvalue weighted by molar-refractivity contribution is 8.14. The van der Waals surface area contributed by atoms with Crippen LogP contribution in [0.2, 0.25) is 5.02 Å². The number of fused-ring (bicyclic) bond motifs is 1. The molecule has 0 radical (unpaired) electrons. The van der Waals surface area contributed by atoms with E-state index in [0.717, 1.165) is 28.1 Å². The minimum Gasteiger partial charge on any atom is -0.466 e. The molecule has 2 aromatic carbocycles. The number of aryl methyl sites for hydroxylation is 3. The molecule has 168 valence electrons. The van der Waals surface area contributed by atoms with Crippen molar-refractivity contribution in [3.63, 3.8) is 0 Å². The second-order valence-corrected chi connectivity index (χ2v) is 8.83. The maximum absolute atomic E-state index is 12.5. The predicted octanol–water partition coefficient (Wildman–Crippen LogP) is 5.93. The van der Waals surface area contributed by atoms with Gasteiger partial charge in [0.05, 0.1) is 45.9 Å². The quantitative estimate of drug-likeness (QED) is 0.510. The summed E-state index contributed by atoms with van der Waals surface area (Å²) in [5.74, 6) is -0.371. The number of halogens is 1. The van der Waals surface area contributed by atoms with Gasteiger partial charge in [0.15, 0.2) is 0 Å². The normalized spacial score (nSPS) is 12.7. The van der Waals surface area contributed by atoms with E-state index in [9.17, 15) is 9.59 Å². The minimum absolute atomic E-state index is 0.0882. The van der Waals surface area contributed by atoms with E-state index < -0.39 is 0 Å². The molecule has 1 heterocycles. The van der Waals surface area contributed by atoms with Crippen molar-refractivity contribution in [2.24, 2.45) is 4.99 Å². The molecule has 0 bridgehead atoms. The van der Waals surface area contributed by atoms with Crippen molar-refractivity contribution in [1.82, 2.24) is 0 Å². The van der Waals surface area contributed by atoms with Gasteiger partial charge in [-0.2, -0.15) is 0 Å². The fourth-order valence-corrected chi connectivity index (χ4v) is 4.02. The number of nitrogens with one attached hydrogen (secondary N) is 2. The molecule has 1 aliphatic heterocycles. The van der Waals surface area contributed by atoms with Gasteiger partial charge in [-0.15, -0.1) is 0 Å². The van der Waals surface area contributed by atoms with E-state index in [-0.39, 0.29) is 24.1 Å². The molecule has 2 N–H and O–H groups in total. The summed E-state index contributed by atoms with van der Waals surface area (Å²) in [6, 6.07) is 9.50. The van der Waals surface area contributed by atoms with Crippen molar-refractivity contribution in [1.29, 1.82) is 0 Å². The second-order valence-electron chi connectivity index (χ2n) is 7.45. The van der Waals surface area contributed by atoms with Crippen LogP contribution in [0.25, 0.3) is 0 Å². The minimum atomic E-state index is -0.324. The van der Waals surface area contributed by atoms with Gasteiger partial charge in [0.25, 0.3) is 0 Å². The number of esters is 1. The number of rotatable bonds is 6. The maximum Gasteiger partial charge on any atom is 0.311 e. The van der Waals surface area contributed by atoms with Crippen molar-refractivity contribution in [3.05, 3.63) is 63.8 Å². The van der Waals surface area contributed by atoms with Crippen LogP contribution < -0.4 is 10.6 Å². The zero-order valence-corrected chi connectivity index (χ0v) is 20.1. The van der Waals surface area contributed by atoms with Gasteiger partial charge in [0, 0.05) is 5.70 Å². The number of aliphatic imine (C=N–C) groups is 1. The number of benzene rings is 2. The van der Waals surface area contributed by atoms with Gasteiger partial charge in [-0.25, -0.2) is 4.99 Å². The third kappa shape index (κ3) is 6.14. The van der Waals surface area contributed by atoms with Crippen molar-refractivity contribution >= 4 is 57.3 Å². The topological polar surface area (TPSA) is 79.8 Å². The number of nitrogens with zero attached hydrogens (tertiary/aromatic N) is 1. The smallest absolute Gasteiger partial charge is 0.311 e. The number of hydrogen-bond donors (Lipinski definition) is 2. The van der Waals surface area contributed by atoms with Crippen LogP contribution in [0.1, 0.15) is 30.0 Å². The summed E-state index contributed by atoms with van der Waals surface area (Å²) >= 11 is 7.57. The Hall–Kier alpha value is -2.77. The molecule has 0 saturated carbocycles. The van der Waals surface area contributed by atoms with E-state index in [0.29, 0.717) is 28.1 Å². The Morgan fingerprint density at radius 2 is 1.91 bits per heavy atom. The standard InChI is InChI=1S/C24H26ClN3O3S/c1-5-31-23(30)12-17-11-22(28-20-10-16(4)15(3)9-19(20)26-17)32-13-21(29)27-18-8-6-7-14(2)24(18)25/h6-11,26H,5,12-13H2,1-4H3,(H,27,29). The lowest BCUT2D eigenvalue weighted by Crippen LogP contribution is -2.15. The fourth-order valence-electron chi connectivity index (χ4n) is 3.11. The van der Waals surface area contributed by atoms with Gasteiger partial charge < -0.3 is 15.4 Å². The van der Waals surface area contributed by atoms with Crippen molar-refractivity contribution < 1.29 is 14.3 Å². The van der Waals surface area contributed by atoms with Crippen molar-refractivity contribution in [2.75, 3.05) is 23.0 Å². The van der Waals surface area contributed by atoms with E-state index in [1.54, 1.807) is 19.1 Å². The van der Waals surface area contributed by atoms with Crippen LogP contribution in [0.5, 0.6) is 0 Å². The first-order valence-electron chi connectivity index (χ1n) is 10.3. The molecule has 0 aromatic heterocycles. The first-order valence-corrected chi connectivity index (χ1v) is 11.6. The van der Waals surface area contributed by atoms with Crippen molar-refractivity contribution in [2.45, 2.75) is 34.1 Å². The van der Waals surface area contributed by atoms with Crippen LogP contribution in [-0.4, -0.2) is 29.3 Å². The zero-order valence-electron chi connectivity index (χ0n) is 18.5. The molecular weight excluding hydrogens is 446 g/mol. The average molecular weight is 472 g/mol. The van der Waals surface area contributed by atoms with Crippen LogP contribution in [0.4, 0.5) is 17.1 Å². The summed E-state index contributed by atoms with van der Waals surface area (Å²) < 4.78 is 5.09. The predicted molar refractivity (Wildman–Crippen MR) is 133 cm³/mol. The van der Waals surface area contributed by atoms with E-state index in [2.05, 4.69) is 10.6 Å². The average Bonchev–Trinajstić information content (AvgIpc) is 2.89. The Morgan fingerprint density at radius 1 is 1.16 bits per heavy atom. The number of hydrogen-bond acceptors (Lipinski definition) is 6. The number of carbonyl (C=O) groups is 2. The lowest BCUT2D eigenvalue weighted by molar-refractivity contribution is -0.142. The lowest BCUT2D eigenvalue weighted by Gasteiger charge is -2.12. The molecule has 3 rings (SSSR count). The Balaban J connectivity index is 1.80. The first kappa shape index (κ1) is 23.9. The lowest BCUT2D eigenvalue weighted by atomic mass is 10.1. The number of anilines is 2. The Morgan fingerprint density at radius 3 is 2.66 bits per heavy atom. The van der Waals surface area contributed by atoms with E-state index in [1.807, 2.05) is 45.0 Å². The highest BCUT2D eigenvalue weighted by Crippen LogP contribution is 2.34. The van der Waals surface area contributed by atoms with Crippen molar-refractivity contribution in [3.8, 4) is 0 Å². The molecule has 0 fully saturated rings. The van der Waals surface area contributed by atoms with E-state index in [4.69, 9.17) is 21.3 Å². The summed E-state index contributed by atoms with van der Waals surface area (Å²) in [4.78, 5) is 29.3. The molecule has 0 unspecified atom stereocenters. The SMILES string of the molecule is CCOC(=O)CC1=CC(SCC(=O)Nc2cccc(C)c2Cl)=Nc2cc(C)c(C)cc2N1. The fraction of sp³-hybridized carbons (Fsp3) is 0.292. The number of amides is 1. The third-order valence-electron chi connectivity index (χ3n) is 4.89. The highest BCUT2D eigenvalue weighted by Gasteiger charge is 2.17. The molecule has 6 nitrogen and oxygen atoms in total. The molecule has 0 atom stereocenters. The number of carbonyl (C=O) groups excluding carboxylic acids is 2. The Bertz CT molecular complexity index is 1110. The van der Waals surface area contributed by atoms with Gasteiger partial charge in [-0.05, 0) is 68.7 Å². The number of ether oxygens (including phenoxy) is 1. The van der Waals surface area contributed by atoms with Crippen LogP contribution in [-0.2, 0) is 14.3 Å². The molecule has 8 heteroatoms. The molecule has 1 aliphatic rings. The molecule has 2 aromatic rings. The third-order valence-corrected chi connectivity index (χ3v) is 6.31. The molecule has 0 aliphatic carbocycles. The molecule has 1 amide bonds. The molecular formula is C24H26ClN3O3S. The summed E-state index contributed by atoms with van der Waals surface area (Å²) in [5, 5.41) is 7.30. The summed E-state index contributed by atoms with van der Waals surface area (Å²) in [6.45, 7) is 8.03. The van der Waals surface area contributed by atoms with Gasteiger partial charge in [-0.1, -0.05) is 35.5 Å². The maximum atomic E-state index is 12.5. The summed E-state index contributed by atoms with van der Waals surface area (Å²) in [7, 11) is 0. The van der Waals surface area contributed by atoms with Gasteiger partial charge in [-0.3, -0.25) is 9.59 Å². The van der Waals surface area contributed by atoms with Crippen LogP contribution in [0, 0.1) is 20.8 Å². The van der Waals surface area contributed by atoms with Crippen LogP contribution >= 0.6 is 23.4 Å². The zero-order chi connectivity index (χ0) is 23.3. The Labute approximate surface area is 197 Å². The molecule has 0 saturated heterocycles. The largest absolute Gasteiger partial charge is 0.466 e. The highest BCUT2D eigenvalue weighted by atomic mass is 35.5. The second kappa shape index (κ2) is 10.7. The van der Waals surface area contributed by atoms with Gasteiger partial charge in [0.1, 0.15) is 0 Å². The Kier molecular flexibility index (Phi) is 7.99. The van der Waals surface area contributed by atoms with E-state index >= 15 is 0 Å². The van der Waals surface area contributed by atoms with Crippen LogP contribution in [0.3, 0.4) is 0 Å². The van der Waals surface area contributed by atoms with Crippen LogP contribution in [0.15, 0.2) is 47.1 Å². The van der Waals surface area contributed by atoms with E-state index in [1.165, 1.54) is 11.8 Å². The van der Waals surface area contributed by atoms with Gasteiger partial charge >= 0.3 is 5.97 Å². The molecule has 32 heavy (non-hydrogen) atoms. The monoisotopic (exact) mass is 471 g/mol. The number of thioether (sulfide) groups is 1. The van der Waals surface area contributed by atoms with Gasteiger partial charge in [0.2, 0.25) is 5.91 Å². The first-order chi connectivity index (χ1) is 15.3. The summed E-state index contributed by atoms with van der Waals surface area (Å²) in [6.07, 6.45) is 1.88. The summed E-state index contributed by atoms with van der Waals surface area (Å²) in [5.41, 5.74) is 5.94. The molecule has 0 spiro atoms.